The van der Waals surface area contributed by atoms with E-state index in [1.54, 1.807) is 26.0 Å². The number of halogens is 1. The molecule has 2 rings (SSSR count). The number of aryl methyl sites for hydroxylation is 2. The predicted molar refractivity (Wildman–Crippen MR) is 76.9 cm³/mol. The average Bonchev–Trinajstić information content (AvgIpc) is 2.41. The van der Waals surface area contributed by atoms with Crippen LogP contribution >= 0.6 is 0 Å². The molecule has 0 aliphatic rings. The van der Waals surface area contributed by atoms with Gasteiger partial charge in [-0.15, -0.1) is 0 Å². The summed E-state index contributed by atoms with van der Waals surface area (Å²) in [6.07, 6.45) is 0. The largest absolute Gasteiger partial charge is 0.457 e. The Morgan fingerprint density at radius 1 is 1.19 bits per heavy atom. The third kappa shape index (κ3) is 3.35. The van der Waals surface area contributed by atoms with Crippen molar-refractivity contribution >= 4 is 5.69 Å². The minimum atomic E-state index is -0.444. The van der Waals surface area contributed by atoms with Crippen LogP contribution in [0.5, 0.6) is 11.5 Å². The summed E-state index contributed by atoms with van der Waals surface area (Å²) in [4.78, 5) is 10.4. The molecule has 0 aliphatic heterocycles. The lowest BCUT2D eigenvalue weighted by molar-refractivity contribution is -0.385. The molecule has 5 nitrogen and oxygen atoms in total. The van der Waals surface area contributed by atoms with E-state index in [1.807, 2.05) is 0 Å². The third-order valence-electron chi connectivity index (χ3n) is 3.08. The average molecular weight is 290 g/mol. The van der Waals surface area contributed by atoms with Gasteiger partial charge in [0.1, 0.15) is 17.3 Å². The third-order valence-corrected chi connectivity index (χ3v) is 3.08. The second-order valence-corrected chi connectivity index (χ2v) is 4.76. The van der Waals surface area contributed by atoms with Gasteiger partial charge in [0.15, 0.2) is 0 Å². The fourth-order valence-corrected chi connectivity index (χ4v) is 2.01. The summed E-state index contributed by atoms with van der Waals surface area (Å²) in [5.74, 6) is 0.322. The van der Waals surface area contributed by atoms with Crippen molar-refractivity contribution in [3.05, 3.63) is 63.0 Å². The molecule has 0 atom stereocenters. The molecule has 0 spiro atoms. The lowest BCUT2D eigenvalue weighted by atomic mass is 10.1. The van der Waals surface area contributed by atoms with Crippen molar-refractivity contribution < 1.29 is 14.1 Å². The van der Waals surface area contributed by atoms with Gasteiger partial charge in [0.25, 0.3) is 5.69 Å². The minimum Gasteiger partial charge on any atom is -0.457 e. The van der Waals surface area contributed by atoms with Crippen molar-refractivity contribution in [2.45, 2.75) is 20.4 Å². The predicted octanol–water partition coefficient (Wildman–Crippen LogP) is 3.60. The Bertz CT molecular complexity index is 702. The molecule has 0 heterocycles. The second-order valence-electron chi connectivity index (χ2n) is 4.76. The van der Waals surface area contributed by atoms with Crippen LogP contribution in [-0.2, 0) is 6.54 Å². The van der Waals surface area contributed by atoms with E-state index in [4.69, 9.17) is 10.5 Å². The maximum absolute atomic E-state index is 13.4. The second kappa shape index (κ2) is 5.88. The molecule has 110 valence electrons. The van der Waals surface area contributed by atoms with Gasteiger partial charge in [-0.3, -0.25) is 10.1 Å². The van der Waals surface area contributed by atoms with Gasteiger partial charge in [-0.25, -0.2) is 4.39 Å². The highest BCUT2D eigenvalue weighted by Crippen LogP contribution is 2.31. The maximum atomic E-state index is 13.4. The molecule has 0 aliphatic carbocycles. The Morgan fingerprint density at radius 2 is 1.90 bits per heavy atom. The summed E-state index contributed by atoms with van der Waals surface area (Å²) in [5, 5.41) is 10.9. The number of nitro benzene ring substituents is 1. The number of nitrogens with two attached hydrogens (primary N) is 1. The van der Waals surface area contributed by atoms with E-state index in [1.165, 1.54) is 18.2 Å². The van der Waals surface area contributed by atoms with Crippen molar-refractivity contribution in [3.63, 3.8) is 0 Å². The van der Waals surface area contributed by atoms with Crippen molar-refractivity contribution in [1.82, 2.24) is 0 Å². The topological polar surface area (TPSA) is 78.4 Å². The van der Waals surface area contributed by atoms with Crippen molar-refractivity contribution in [2.24, 2.45) is 5.73 Å². The minimum absolute atomic E-state index is 0.0294. The first-order chi connectivity index (χ1) is 9.90. The smallest absolute Gasteiger partial charge is 0.272 e. The fourth-order valence-electron chi connectivity index (χ4n) is 2.01. The molecule has 0 saturated heterocycles. The van der Waals surface area contributed by atoms with Crippen LogP contribution in [0.25, 0.3) is 0 Å². The van der Waals surface area contributed by atoms with Crippen LogP contribution in [-0.4, -0.2) is 4.92 Å². The number of nitrogens with zero attached hydrogens (tertiary/aromatic N) is 1. The first kappa shape index (κ1) is 14.9. The summed E-state index contributed by atoms with van der Waals surface area (Å²) >= 11 is 0. The van der Waals surface area contributed by atoms with Gasteiger partial charge >= 0.3 is 0 Å². The summed E-state index contributed by atoms with van der Waals surface area (Å²) in [6, 6.07) is 7.23. The lowest BCUT2D eigenvalue weighted by Gasteiger charge is -2.11. The van der Waals surface area contributed by atoms with Crippen molar-refractivity contribution in [1.29, 1.82) is 0 Å². The lowest BCUT2D eigenvalue weighted by Crippen LogP contribution is -1.99. The molecule has 0 amide bonds. The van der Waals surface area contributed by atoms with Crippen molar-refractivity contribution in [3.8, 4) is 11.5 Å². The molecule has 0 aromatic heterocycles. The Hall–Kier alpha value is -2.47. The SMILES string of the molecule is Cc1cc([N+](=O)[O-])c(C)cc1Oc1cc(F)cc(CN)c1. The molecule has 0 saturated carbocycles. The number of hydrogen-bond acceptors (Lipinski definition) is 4. The van der Waals surface area contributed by atoms with Gasteiger partial charge in [-0.05, 0) is 43.2 Å². The fraction of sp³-hybridized carbons (Fsp3) is 0.200. The van der Waals surface area contributed by atoms with Gasteiger partial charge in [0.05, 0.1) is 4.92 Å². The zero-order valence-corrected chi connectivity index (χ0v) is 11.7. The molecule has 2 aromatic rings. The molecule has 0 radical (unpaired) electrons. The van der Waals surface area contributed by atoms with Crippen LogP contribution in [0.2, 0.25) is 0 Å². The number of nitro groups is 1. The van der Waals surface area contributed by atoms with Gasteiger partial charge < -0.3 is 10.5 Å². The van der Waals surface area contributed by atoms with E-state index in [0.717, 1.165) is 0 Å². The van der Waals surface area contributed by atoms with E-state index >= 15 is 0 Å². The van der Waals surface area contributed by atoms with Gasteiger partial charge in [-0.2, -0.15) is 0 Å². The quantitative estimate of drug-likeness (QED) is 0.689. The molecular weight excluding hydrogens is 275 g/mol. The van der Waals surface area contributed by atoms with Gasteiger partial charge in [0.2, 0.25) is 0 Å². The molecular formula is C15H15FN2O3. The monoisotopic (exact) mass is 290 g/mol. The van der Waals surface area contributed by atoms with E-state index in [2.05, 4.69) is 0 Å². The molecule has 0 unspecified atom stereocenters. The maximum Gasteiger partial charge on any atom is 0.272 e. The normalized spacial score (nSPS) is 10.5. The first-order valence-corrected chi connectivity index (χ1v) is 6.33. The molecule has 21 heavy (non-hydrogen) atoms. The van der Waals surface area contributed by atoms with E-state index in [-0.39, 0.29) is 12.2 Å². The van der Waals surface area contributed by atoms with Crippen LogP contribution in [0, 0.1) is 29.8 Å². The highest BCUT2D eigenvalue weighted by atomic mass is 19.1. The van der Waals surface area contributed by atoms with Crippen LogP contribution in [0.3, 0.4) is 0 Å². The van der Waals surface area contributed by atoms with E-state index in [0.29, 0.717) is 28.2 Å². The van der Waals surface area contributed by atoms with Crippen LogP contribution in [0.15, 0.2) is 30.3 Å². The van der Waals surface area contributed by atoms with Crippen LogP contribution in [0.4, 0.5) is 10.1 Å². The Morgan fingerprint density at radius 3 is 2.52 bits per heavy atom. The number of benzene rings is 2. The highest BCUT2D eigenvalue weighted by Gasteiger charge is 2.14. The number of hydrogen-bond donors (Lipinski definition) is 1. The summed E-state index contributed by atoms with van der Waals surface area (Å²) in [6.45, 7) is 3.53. The zero-order valence-electron chi connectivity index (χ0n) is 11.7. The standard InChI is InChI=1S/C15H15FN2O3/c1-9-4-15(10(2)3-14(9)18(19)20)21-13-6-11(8-17)5-12(16)7-13/h3-7H,8,17H2,1-2H3. The molecule has 2 N–H and O–H groups in total. The molecule has 2 aromatic carbocycles. The Kier molecular flexibility index (Phi) is 4.18. The highest BCUT2D eigenvalue weighted by molar-refractivity contribution is 5.50. The summed E-state index contributed by atoms with van der Waals surface area (Å²) in [5.41, 5.74) is 7.22. The number of rotatable bonds is 4. The Balaban J connectivity index is 2.38. The van der Waals surface area contributed by atoms with Crippen LogP contribution in [0.1, 0.15) is 16.7 Å². The van der Waals surface area contributed by atoms with Crippen molar-refractivity contribution in [2.75, 3.05) is 0 Å². The molecule has 6 heteroatoms. The van der Waals surface area contributed by atoms with Crippen LogP contribution < -0.4 is 10.5 Å². The number of ether oxygens (including phenoxy) is 1. The van der Waals surface area contributed by atoms with E-state index < -0.39 is 10.7 Å². The Labute approximate surface area is 121 Å². The summed E-state index contributed by atoms with van der Waals surface area (Å²) in [7, 11) is 0. The first-order valence-electron chi connectivity index (χ1n) is 6.33. The molecule has 0 fully saturated rings. The summed E-state index contributed by atoms with van der Waals surface area (Å²) < 4.78 is 19.1. The zero-order chi connectivity index (χ0) is 15.6. The van der Waals surface area contributed by atoms with E-state index in [9.17, 15) is 14.5 Å². The molecule has 0 bridgehead atoms. The van der Waals surface area contributed by atoms with Gasteiger partial charge in [0, 0.05) is 24.2 Å². The van der Waals surface area contributed by atoms with Gasteiger partial charge in [-0.1, -0.05) is 0 Å².